The Morgan fingerprint density at radius 2 is 2.16 bits per heavy atom. The van der Waals surface area contributed by atoms with Crippen molar-refractivity contribution in [1.29, 1.82) is 0 Å². The molecule has 2 aromatic rings. The molecule has 1 amide bonds. The average molecular weight is 359 g/mol. The zero-order valence-electron chi connectivity index (χ0n) is 13.2. The third kappa shape index (κ3) is 2.78. The van der Waals surface area contributed by atoms with Crippen LogP contribution in [0.2, 0.25) is 5.02 Å². The van der Waals surface area contributed by atoms with Gasteiger partial charge in [0.2, 0.25) is 0 Å². The standard InChI is InChI=1S/C18H15ClN2O4/c19-13-3-1-2-12-16(13)25-15-8-11(4-5-14(15)20-17(12)22)21-7-6-10(9-21)18(23)24/h1-5,8,10H,6-7,9H2,(H,20,22)(H,23,24). The largest absolute Gasteiger partial charge is 0.481 e. The summed E-state index contributed by atoms with van der Waals surface area (Å²) < 4.78 is 5.92. The molecule has 0 saturated carbocycles. The lowest BCUT2D eigenvalue weighted by Gasteiger charge is -2.20. The van der Waals surface area contributed by atoms with E-state index in [1.807, 2.05) is 11.0 Å². The molecule has 2 aromatic carbocycles. The number of carboxylic acids is 1. The molecule has 1 unspecified atom stereocenters. The first-order valence-electron chi connectivity index (χ1n) is 7.92. The molecule has 0 spiro atoms. The number of rotatable bonds is 2. The minimum Gasteiger partial charge on any atom is -0.481 e. The van der Waals surface area contributed by atoms with Crippen molar-refractivity contribution in [2.45, 2.75) is 6.42 Å². The zero-order valence-corrected chi connectivity index (χ0v) is 13.9. The molecule has 0 aromatic heterocycles. The second-order valence-corrected chi connectivity index (χ2v) is 6.53. The molecular formula is C18H15ClN2O4. The Morgan fingerprint density at radius 3 is 2.92 bits per heavy atom. The van der Waals surface area contributed by atoms with Crippen molar-refractivity contribution in [1.82, 2.24) is 0 Å². The van der Waals surface area contributed by atoms with Crippen LogP contribution in [0.4, 0.5) is 11.4 Å². The van der Waals surface area contributed by atoms with Gasteiger partial charge in [0.1, 0.15) is 0 Å². The number of ether oxygens (including phenoxy) is 1. The first kappa shape index (κ1) is 15.8. The molecule has 128 valence electrons. The van der Waals surface area contributed by atoms with Crippen LogP contribution in [0, 0.1) is 5.92 Å². The molecule has 7 heteroatoms. The number of nitrogens with one attached hydrogen (secondary N) is 1. The lowest BCUT2D eigenvalue weighted by Crippen LogP contribution is -2.22. The number of carbonyl (C=O) groups is 2. The van der Waals surface area contributed by atoms with E-state index < -0.39 is 5.97 Å². The lowest BCUT2D eigenvalue weighted by atomic mass is 10.1. The molecule has 2 heterocycles. The van der Waals surface area contributed by atoms with Gasteiger partial charge in [-0.3, -0.25) is 9.59 Å². The normalized spacial score (nSPS) is 18.7. The van der Waals surface area contributed by atoms with Gasteiger partial charge in [0.05, 0.1) is 22.2 Å². The molecule has 2 aliphatic rings. The van der Waals surface area contributed by atoms with Gasteiger partial charge >= 0.3 is 5.97 Å². The SMILES string of the molecule is O=C1Nc2ccc(N3CCC(C(=O)O)C3)cc2Oc2c(Cl)cccc21. The summed E-state index contributed by atoms with van der Waals surface area (Å²) in [6.07, 6.45) is 0.610. The maximum Gasteiger partial charge on any atom is 0.308 e. The number of para-hydroxylation sites is 1. The van der Waals surface area contributed by atoms with E-state index in [-0.39, 0.29) is 11.8 Å². The summed E-state index contributed by atoms with van der Waals surface area (Å²) in [4.78, 5) is 25.5. The Hall–Kier alpha value is -2.73. The van der Waals surface area contributed by atoms with Crippen molar-refractivity contribution >= 4 is 34.9 Å². The molecule has 1 saturated heterocycles. The van der Waals surface area contributed by atoms with Crippen LogP contribution >= 0.6 is 11.6 Å². The third-order valence-electron chi connectivity index (χ3n) is 4.54. The van der Waals surface area contributed by atoms with Gasteiger partial charge in [0.25, 0.3) is 5.91 Å². The van der Waals surface area contributed by atoms with Gasteiger partial charge < -0.3 is 20.1 Å². The number of amides is 1. The monoisotopic (exact) mass is 358 g/mol. The van der Waals surface area contributed by atoms with Gasteiger partial charge in [0.15, 0.2) is 11.5 Å². The number of carbonyl (C=O) groups excluding carboxylic acids is 1. The van der Waals surface area contributed by atoms with Crippen molar-refractivity contribution < 1.29 is 19.4 Å². The van der Waals surface area contributed by atoms with Crippen molar-refractivity contribution in [3.05, 3.63) is 47.0 Å². The van der Waals surface area contributed by atoms with E-state index in [4.69, 9.17) is 21.4 Å². The number of hydrogen-bond acceptors (Lipinski definition) is 4. The summed E-state index contributed by atoms with van der Waals surface area (Å²) in [6.45, 7) is 1.12. The van der Waals surface area contributed by atoms with Crippen LogP contribution < -0.4 is 15.0 Å². The van der Waals surface area contributed by atoms with E-state index in [0.29, 0.717) is 47.3 Å². The maximum atomic E-state index is 12.4. The first-order valence-corrected chi connectivity index (χ1v) is 8.30. The van der Waals surface area contributed by atoms with Crippen LogP contribution in [0.25, 0.3) is 0 Å². The number of fused-ring (bicyclic) bond motifs is 2. The van der Waals surface area contributed by atoms with Crippen molar-refractivity contribution in [2.24, 2.45) is 5.92 Å². The van der Waals surface area contributed by atoms with Crippen LogP contribution in [0.3, 0.4) is 0 Å². The van der Waals surface area contributed by atoms with Crippen LogP contribution in [0.5, 0.6) is 11.5 Å². The van der Waals surface area contributed by atoms with E-state index in [1.165, 1.54) is 0 Å². The second kappa shape index (κ2) is 5.97. The molecule has 6 nitrogen and oxygen atoms in total. The fourth-order valence-corrected chi connectivity index (χ4v) is 3.40. The van der Waals surface area contributed by atoms with E-state index in [9.17, 15) is 9.59 Å². The maximum absolute atomic E-state index is 12.4. The molecule has 0 bridgehead atoms. The number of hydrogen-bond donors (Lipinski definition) is 2. The van der Waals surface area contributed by atoms with Gasteiger partial charge in [-0.05, 0) is 30.7 Å². The summed E-state index contributed by atoms with van der Waals surface area (Å²) in [6, 6.07) is 10.4. The van der Waals surface area contributed by atoms with Crippen molar-refractivity contribution in [2.75, 3.05) is 23.3 Å². The van der Waals surface area contributed by atoms with E-state index >= 15 is 0 Å². The van der Waals surface area contributed by atoms with E-state index in [0.717, 1.165) is 5.69 Å². The van der Waals surface area contributed by atoms with E-state index in [2.05, 4.69) is 5.32 Å². The number of nitrogens with zero attached hydrogens (tertiary/aromatic N) is 1. The third-order valence-corrected chi connectivity index (χ3v) is 4.84. The highest BCUT2D eigenvalue weighted by atomic mass is 35.5. The fraction of sp³-hybridized carbons (Fsp3) is 0.222. The minimum absolute atomic E-state index is 0.281. The summed E-state index contributed by atoms with van der Waals surface area (Å²) >= 11 is 6.19. The number of aliphatic carboxylic acids is 1. The predicted octanol–water partition coefficient (Wildman–Crippen LogP) is 3.61. The molecule has 2 aliphatic heterocycles. The predicted molar refractivity (Wildman–Crippen MR) is 93.9 cm³/mol. The lowest BCUT2D eigenvalue weighted by molar-refractivity contribution is -0.140. The van der Waals surface area contributed by atoms with Crippen molar-refractivity contribution in [3.8, 4) is 11.5 Å². The average Bonchev–Trinajstić information content (AvgIpc) is 3.03. The summed E-state index contributed by atoms with van der Waals surface area (Å²) in [5.74, 6) is -0.619. The molecule has 2 N–H and O–H groups in total. The Kier molecular flexibility index (Phi) is 3.77. The van der Waals surface area contributed by atoms with Crippen LogP contribution in [0.15, 0.2) is 36.4 Å². The molecule has 25 heavy (non-hydrogen) atoms. The Balaban J connectivity index is 1.69. The van der Waals surface area contributed by atoms with Gasteiger partial charge in [-0.15, -0.1) is 0 Å². The first-order chi connectivity index (χ1) is 12.0. The van der Waals surface area contributed by atoms with Crippen LogP contribution in [-0.4, -0.2) is 30.1 Å². The summed E-state index contributed by atoms with van der Waals surface area (Å²) in [7, 11) is 0. The quantitative estimate of drug-likeness (QED) is 0.857. The van der Waals surface area contributed by atoms with Gasteiger partial charge in [-0.1, -0.05) is 17.7 Å². The Bertz CT molecular complexity index is 883. The number of anilines is 2. The Morgan fingerprint density at radius 1 is 1.32 bits per heavy atom. The molecule has 1 fully saturated rings. The highest BCUT2D eigenvalue weighted by Gasteiger charge is 2.29. The number of halogens is 1. The smallest absolute Gasteiger partial charge is 0.308 e. The van der Waals surface area contributed by atoms with Crippen LogP contribution in [0.1, 0.15) is 16.8 Å². The minimum atomic E-state index is -0.776. The molecule has 1 atom stereocenters. The molecule has 0 aliphatic carbocycles. The molecule has 0 radical (unpaired) electrons. The van der Waals surface area contributed by atoms with Crippen molar-refractivity contribution in [3.63, 3.8) is 0 Å². The van der Waals surface area contributed by atoms with E-state index in [1.54, 1.807) is 30.3 Å². The molecular weight excluding hydrogens is 344 g/mol. The van der Waals surface area contributed by atoms with Gasteiger partial charge in [-0.25, -0.2) is 0 Å². The number of carboxylic acid groups (broad SMARTS) is 1. The highest BCUT2D eigenvalue weighted by Crippen LogP contribution is 2.41. The topological polar surface area (TPSA) is 78.9 Å². The molecule has 4 rings (SSSR count). The summed E-state index contributed by atoms with van der Waals surface area (Å²) in [5.41, 5.74) is 1.78. The highest BCUT2D eigenvalue weighted by molar-refractivity contribution is 6.33. The second-order valence-electron chi connectivity index (χ2n) is 6.12. The van der Waals surface area contributed by atoms with Crippen LogP contribution in [-0.2, 0) is 4.79 Å². The van der Waals surface area contributed by atoms with Gasteiger partial charge in [-0.2, -0.15) is 0 Å². The summed E-state index contributed by atoms with van der Waals surface area (Å²) in [5, 5.41) is 12.3. The zero-order chi connectivity index (χ0) is 17.6. The Labute approximate surface area is 149 Å². The van der Waals surface area contributed by atoms with Gasteiger partial charge in [0, 0.05) is 24.8 Å². The fourth-order valence-electron chi connectivity index (χ4n) is 3.18. The number of benzene rings is 2.